The minimum atomic E-state index is -1.03. The second-order valence-corrected chi connectivity index (χ2v) is 9.62. The van der Waals surface area contributed by atoms with E-state index in [0.29, 0.717) is 24.2 Å². The average Bonchev–Trinajstić information content (AvgIpc) is 2.87. The molecule has 0 saturated heterocycles. The number of hydrogen-bond donors (Lipinski definition) is 3. The van der Waals surface area contributed by atoms with E-state index >= 15 is 0 Å². The van der Waals surface area contributed by atoms with Crippen LogP contribution in [0.3, 0.4) is 0 Å². The molecule has 0 spiro atoms. The molecule has 3 rings (SSSR count). The van der Waals surface area contributed by atoms with Crippen molar-refractivity contribution in [2.75, 3.05) is 6.54 Å². The maximum atomic E-state index is 13.8. The molecule has 8 heteroatoms. The van der Waals surface area contributed by atoms with E-state index in [1.54, 1.807) is 16.8 Å². The van der Waals surface area contributed by atoms with Gasteiger partial charge in [-0.3, -0.25) is 9.59 Å². The first-order valence-electron chi connectivity index (χ1n) is 13.2. The van der Waals surface area contributed by atoms with Crippen molar-refractivity contribution < 1.29 is 18.7 Å². The summed E-state index contributed by atoms with van der Waals surface area (Å²) in [7, 11) is 0. The lowest BCUT2D eigenvalue weighted by Crippen LogP contribution is -2.49. The Bertz CT molecular complexity index is 1240. The van der Waals surface area contributed by atoms with Crippen molar-refractivity contribution in [3.05, 3.63) is 105 Å². The summed E-state index contributed by atoms with van der Waals surface area (Å²) in [6.07, 6.45) is 3.41. The van der Waals surface area contributed by atoms with Gasteiger partial charge in [-0.2, -0.15) is 0 Å². The zero-order chi connectivity index (χ0) is 27.5. The third-order valence-electron chi connectivity index (χ3n) is 6.45. The third kappa shape index (κ3) is 9.19. The van der Waals surface area contributed by atoms with Crippen LogP contribution in [0.25, 0.3) is 0 Å². The fraction of sp³-hybridized carbons (Fsp3) is 0.400. The summed E-state index contributed by atoms with van der Waals surface area (Å²) in [6.45, 7) is 5.43. The van der Waals surface area contributed by atoms with E-state index in [2.05, 4.69) is 29.7 Å². The van der Waals surface area contributed by atoms with E-state index in [1.807, 2.05) is 19.1 Å². The van der Waals surface area contributed by atoms with E-state index in [0.717, 1.165) is 30.9 Å². The smallest absolute Gasteiger partial charge is 0.250 e. The number of amides is 1. The Morgan fingerprint density at radius 1 is 0.974 bits per heavy atom. The molecule has 0 aliphatic carbocycles. The van der Waals surface area contributed by atoms with Gasteiger partial charge in [-0.1, -0.05) is 44.5 Å². The van der Waals surface area contributed by atoms with Gasteiger partial charge < -0.3 is 20.3 Å². The Kier molecular flexibility index (Phi) is 11.2. The van der Waals surface area contributed by atoms with Crippen molar-refractivity contribution >= 4 is 5.91 Å². The number of carbonyl (C=O) groups is 1. The predicted molar refractivity (Wildman–Crippen MR) is 145 cm³/mol. The van der Waals surface area contributed by atoms with Crippen molar-refractivity contribution in [3.63, 3.8) is 0 Å². The third-order valence-corrected chi connectivity index (χ3v) is 6.45. The van der Waals surface area contributed by atoms with Gasteiger partial charge in [0.2, 0.25) is 5.91 Å². The highest BCUT2D eigenvalue weighted by atomic mass is 19.1. The van der Waals surface area contributed by atoms with Crippen LogP contribution in [0, 0.1) is 11.6 Å². The number of hydrogen-bond acceptors (Lipinski definition) is 4. The lowest BCUT2D eigenvalue weighted by atomic mass is 10.00. The largest absolute Gasteiger partial charge is 0.390 e. The summed E-state index contributed by atoms with van der Waals surface area (Å²) in [6, 6.07) is 13.6. The van der Waals surface area contributed by atoms with Crippen LogP contribution in [-0.2, 0) is 37.1 Å². The van der Waals surface area contributed by atoms with Crippen LogP contribution in [0.5, 0.6) is 0 Å². The number of benzene rings is 2. The zero-order valence-corrected chi connectivity index (χ0v) is 22.1. The minimum absolute atomic E-state index is 0.0349. The molecule has 2 unspecified atom stereocenters. The van der Waals surface area contributed by atoms with Crippen molar-refractivity contribution in [3.8, 4) is 0 Å². The van der Waals surface area contributed by atoms with Gasteiger partial charge >= 0.3 is 0 Å². The van der Waals surface area contributed by atoms with Gasteiger partial charge in [-0.15, -0.1) is 0 Å². The van der Waals surface area contributed by atoms with Gasteiger partial charge in [0.15, 0.2) is 0 Å². The summed E-state index contributed by atoms with van der Waals surface area (Å²) in [5, 5.41) is 17.0. The lowest BCUT2D eigenvalue weighted by Gasteiger charge is -2.25. The van der Waals surface area contributed by atoms with Crippen LogP contribution in [0.15, 0.2) is 65.6 Å². The first-order chi connectivity index (χ1) is 18.3. The van der Waals surface area contributed by atoms with E-state index < -0.39 is 29.7 Å². The Labute approximate surface area is 222 Å². The molecule has 1 aromatic heterocycles. The van der Waals surface area contributed by atoms with Crippen molar-refractivity contribution in [1.82, 2.24) is 15.2 Å². The molecule has 0 fully saturated rings. The van der Waals surface area contributed by atoms with Gasteiger partial charge in [-0.05, 0) is 59.7 Å². The standard InChI is InChI=1S/C30H37F2N3O3/c1-3-5-10-35-11-9-22(17-30(35)38)16-29(37)34-27(15-24-13-25(31)18-26(32)14-24)28(36)20-33-19-23-8-6-7-21(4-2)12-23/h6-9,11-14,17-18,27-28,33,36H,3-5,10,15-16,19-20H2,1-2H3,(H,34,37). The van der Waals surface area contributed by atoms with Crippen LogP contribution < -0.4 is 16.2 Å². The van der Waals surface area contributed by atoms with E-state index in [1.165, 1.54) is 23.8 Å². The molecule has 0 saturated carbocycles. The Hall–Kier alpha value is -3.36. The number of unbranched alkanes of at least 4 members (excludes halogenated alkanes) is 1. The highest BCUT2D eigenvalue weighted by Crippen LogP contribution is 2.13. The lowest BCUT2D eigenvalue weighted by molar-refractivity contribution is -0.122. The molecule has 1 amide bonds. The van der Waals surface area contributed by atoms with Crippen LogP contribution in [0.4, 0.5) is 8.78 Å². The molecule has 0 bridgehead atoms. The molecule has 3 aromatic rings. The summed E-state index contributed by atoms with van der Waals surface area (Å²) in [5.41, 5.74) is 2.98. The number of aryl methyl sites for hydroxylation is 2. The number of pyridine rings is 1. The van der Waals surface area contributed by atoms with Gasteiger partial charge in [0.25, 0.3) is 5.56 Å². The van der Waals surface area contributed by atoms with Crippen LogP contribution >= 0.6 is 0 Å². The van der Waals surface area contributed by atoms with E-state index in [4.69, 9.17) is 0 Å². The molecule has 0 aliphatic rings. The summed E-state index contributed by atoms with van der Waals surface area (Å²) in [5.74, 6) is -1.85. The molecule has 0 aliphatic heterocycles. The van der Waals surface area contributed by atoms with Gasteiger partial charge in [0, 0.05) is 38.0 Å². The summed E-state index contributed by atoms with van der Waals surface area (Å²) in [4.78, 5) is 25.2. The second kappa shape index (κ2) is 14.5. The number of nitrogens with one attached hydrogen (secondary N) is 2. The predicted octanol–water partition coefficient (Wildman–Crippen LogP) is 3.91. The molecule has 204 valence electrons. The number of aromatic nitrogens is 1. The first-order valence-corrected chi connectivity index (χ1v) is 13.2. The molecule has 3 N–H and O–H groups in total. The van der Waals surface area contributed by atoms with Gasteiger partial charge in [0.1, 0.15) is 11.6 Å². The molecule has 0 radical (unpaired) electrons. The van der Waals surface area contributed by atoms with Crippen molar-refractivity contribution in [2.24, 2.45) is 0 Å². The molecule has 38 heavy (non-hydrogen) atoms. The van der Waals surface area contributed by atoms with Crippen LogP contribution in [0.2, 0.25) is 0 Å². The molecule has 2 aromatic carbocycles. The summed E-state index contributed by atoms with van der Waals surface area (Å²) < 4.78 is 29.2. The van der Waals surface area contributed by atoms with Crippen LogP contribution in [-0.4, -0.2) is 34.3 Å². The SMILES string of the molecule is CCCCn1ccc(CC(=O)NC(Cc2cc(F)cc(F)c2)C(O)CNCc2cccc(CC)c2)cc1=O. The summed E-state index contributed by atoms with van der Waals surface area (Å²) >= 11 is 0. The average molecular weight is 526 g/mol. The monoisotopic (exact) mass is 525 g/mol. The molecular weight excluding hydrogens is 488 g/mol. The number of nitrogens with zero attached hydrogens (tertiary/aromatic N) is 1. The van der Waals surface area contributed by atoms with Crippen molar-refractivity contribution in [1.29, 1.82) is 0 Å². The normalized spacial score (nSPS) is 12.8. The maximum absolute atomic E-state index is 13.8. The Morgan fingerprint density at radius 3 is 2.39 bits per heavy atom. The second-order valence-electron chi connectivity index (χ2n) is 9.62. The minimum Gasteiger partial charge on any atom is -0.390 e. The highest BCUT2D eigenvalue weighted by molar-refractivity contribution is 5.78. The number of rotatable bonds is 14. The zero-order valence-electron chi connectivity index (χ0n) is 22.1. The first kappa shape index (κ1) is 29.2. The maximum Gasteiger partial charge on any atom is 0.250 e. The molecule has 2 atom stereocenters. The number of aliphatic hydroxyl groups excluding tert-OH is 1. The molecule has 6 nitrogen and oxygen atoms in total. The Balaban J connectivity index is 1.67. The molecule has 1 heterocycles. The van der Waals surface area contributed by atoms with E-state index in [-0.39, 0.29) is 24.9 Å². The number of aliphatic hydroxyl groups is 1. The number of halogens is 2. The topological polar surface area (TPSA) is 83.4 Å². The fourth-order valence-corrected chi connectivity index (χ4v) is 4.35. The molecular formula is C30H37F2N3O3. The van der Waals surface area contributed by atoms with Crippen molar-refractivity contribution in [2.45, 2.75) is 71.2 Å². The van der Waals surface area contributed by atoms with Gasteiger partial charge in [0.05, 0.1) is 18.6 Å². The van der Waals surface area contributed by atoms with Gasteiger partial charge in [-0.25, -0.2) is 8.78 Å². The fourth-order valence-electron chi connectivity index (χ4n) is 4.35. The number of carbonyl (C=O) groups excluding carboxylic acids is 1. The van der Waals surface area contributed by atoms with Crippen LogP contribution in [0.1, 0.15) is 48.9 Å². The highest BCUT2D eigenvalue weighted by Gasteiger charge is 2.22. The van der Waals surface area contributed by atoms with E-state index in [9.17, 15) is 23.5 Å². The quantitative estimate of drug-likeness (QED) is 0.298. The Morgan fingerprint density at radius 2 is 1.71 bits per heavy atom.